The molecule has 0 aromatic heterocycles. The second kappa shape index (κ2) is 8.30. The minimum absolute atomic E-state index is 0.00569. The number of sulfone groups is 1. The van der Waals surface area contributed by atoms with Gasteiger partial charge < -0.3 is 4.74 Å². The van der Waals surface area contributed by atoms with Crippen LogP contribution in [0.5, 0.6) is 0 Å². The number of esters is 1. The van der Waals surface area contributed by atoms with Crippen LogP contribution in [0.25, 0.3) is 0 Å². The zero-order valence-corrected chi connectivity index (χ0v) is 16.4. The van der Waals surface area contributed by atoms with E-state index in [1.165, 1.54) is 18.5 Å². The summed E-state index contributed by atoms with van der Waals surface area (Å²) >= 11 is 0. The zero-order chi connectivity index (χ0) is 18.7. The number of rotatable bonds is 7. The molecule has 2 rings (SSSR count). The lowest BCUT2D eigenvalue weighted by molar-refractivity contribution is -0.140. The smallest absolute Gasteiger partial charge is 0.306 e. The third-order valence-electron chi connectivity index (χ3n) is 4.83. The van der Waals surface area contributed by atoms with Gasteiger partial charge in [-0.25, -0.2) is 8.42 Å². The molecule has 0 amide bonds. The Kier molecular flexibility index (Phi) is 6.82. The maximum absolute atomic E-state index is 12.5. The van der Waals surface area contributed by atoms with Crippen molar-refractivity contribution in [2.24, 2.45) is 0 Å². The van der Waals surface area contributed by atoms with Gasteiger partial charge in [-0.15, -0.1) is 0 Å². The minimum atomic E-state index is -3.63. The van der Waals surface area contributed by atoms with Crippen molar-refractivity contribution < 1.29 is 26.4 Å². The molecule has 2 heterocycles. The molecule has 1 unspecified atom stereocenters. The van der Waals surface area contributed by atoms with Gasteiger partial charge in [-0.05, 0) is 12.8 Å². The van der Waals surface area contributed by atoms with Gasteiger partial charge in [0.15, 0.2) is 9.84 Å². The van der Waals surface area contributed by atoms with Crippen molar-refractivity contribution in [3.05, 3.63) is 0 Å². The van der Waals surface area contributed by atoms with Gasteiger partial charge in [0.05, 0.1) is 24.5 Å². The summed E-state index contributed by atoms with van der Waals surface area (Å²) in [5.74, 6) is -0.193. The predicted molar refractivity (Wildman–Crippen MR) is 93.0 cm³/mol. The third kappa shape index (κ3) is 5.13. The molecule has 1 atom stereocenters. The van der Waals surface area contributed by atoms with Crippen molar-refractivity contribution in [1.82, 2.24) is 13.5 Å². The van der Waals surface area contributed by atoms with Gasteiger partial charge in [-0.1, -0.05) is 0 Å². The molecular weight excluding hydrogens is 370 g/mol. The SMILES string of the molecule is COC(=O)CCN(C)S(=O)(=O)N1CCN(CC2CCCS2(=O)=O)CC1. The zero-order valence-electron chi connectivity index (χ0n) is 14.8. The van der Waals surface area contributed by atoms with Gasteiger partial charge in [0.25, 0.3) is 10.2 Å². The largest absolute Gasteiger partial charge is 0.469 e. The molecule has 0 aromatic carbocycles. The molecule has 146 valence electrons. The molecule has 2 aliphatic rings. The van der Waals surface area contributed by atoms with Crippen LogP contribution in [-0.4, -0.2) is 101 Å². The first-order valence-electron chi connectivity index (χ1n) is 8.39. The Morgan fingerprint density at radius 2 is 1.88 bits per heavy atom. The van der Waals surface area contributed by atoms with Crippen LogP contribution in [0.4, 0.5) is 0 Å². The quantitative estimate of drug-likeness (QED) is 0.503. The van der Waals surface area contributed by atoms with Crippen LogP contribution < -0.4 is 0 Å². The van der Waals surface area contributed by atoms with Crippen LogP contribution in [0.3, 0.4) is 0 Å². The fourth-order valence-corrected chi connectivity index (χ4v) is 6.36. The van der Waals surface area contributed by atoms with Crippen LogP contribution in [0.2, 0.25) is 0 Å². The lowest BCUT2D eigenvalue weighted by atomic mass is 10.2. The molecule has 2 saturated heterocycles. The summed E-state index contributed by atoms with van der Waals surface area (Å²) in [5, 5.41) is -0.321. The summed E-state index contributed by atoms with van der Waals surface area (Å²) in [6.45, 7) is 2.20. The molecule has 9 nitrogen and oxygen atoms in total. The van der Waals surface area contributed by atoms with Crippen molar-refractivity contribution >= 4 is 26.0 Å². The van der Waals surface area contributed by atoms with Crippen molar-refractivity contribution in [2.45, 2.75) is 24.5 Å². The first kappa shape index (κ1) is 20.6. The highest BCUT2D eigenvalue weighted by Gasteiger charge is 2.35. The van der Waals surface area contributed by atoms with Gasteiger partial charge >= 0.3 is 5.97 Å². The Labute approximate surface area is 150 Å². The lowest BCUT2D eigenvalue weighted by Crippen LogP contribution is -2.53. The van der Waals surface area contributed by atoms with Crippen molar-refractivity contribution in [2.75, 3.05) is 59.2 Å². The Balaban J connectivity index is 1.85. The van der Waals surface area contributed by atoms with E-state index in [-0.39, 0.29) is 24.0 Å². The van der Waals surface area contributed by atoms with E-state index in [1.807, 2.05) is 4.90 Å². The van der Waals surface area contributed by atoms with Crippen LogP contribution >= 0.6 is 0 Å². The second-order valence-corrected chi connectivity index (χ2v) is 10.9. The maximum atomic E-state index is 12.5. The number of carbonyl (C=O) groups is 1. The highest BCUT2D eigenvalue weighted by molar-refractivity contribution is 7.92. The van der Waals surface area contributed by atoms with Crippen molar-refractivity contribution in [3.8, 4) is 0 Å². The van der Waals surface area contributed by atoms with E-state index in [4.69, 9.17) is 0 Å². The van der Waals surface area contributed by atoms with Crippen LogP contribution in [-0.2, 0) is 29.6 Å². The number of nitrogens with zero attached hydrogens (tertiary/aromatic N) is 3. The Bertz CT molecular complexity index is 671. The van der Waals surface area contributed by atoms with E-state index >= 15 is 0 Å². The predicted octanol–water partition coefficient (Wildman–Crippen LogP) is -1.08. The van der Waals surface area contributed by atoms with E-state index in [1.54, 1.807) is 0 Å². The van der Waals surface area contributed by atoms with Gasteiger partial charge in [0.2, 0.25) is 0 Å². The first-order valence-corrected chi connectivity index (χ1v) is 11.5. The summed E-state index contributed by atoms with van der Waals surface area (Å²) in [7, 11) is -3.91. The molecule has 2 fully saturated rings. The fourth-order valence-electron chi connectivity index (χ4n) is 3.16. The monoisotopic (exact) mass is 397 g/mol. The summed E-state index contributed by atoms with van der Waals surface area (Å²) < 4.78 is 56.0. The molecule has 0 aliphatic carbocycles. The maximum Gasteiger partial charge on any atom is 0.306 e. The molecule has 0 N–H and O–H groups in total. The van der Waals surface area contributed by atoms with Gasteiger partial charge in [-0.2, -0.15) is 17.0 Å². The van der Waals surface area contributed by atoms with Crippen LogP contribution in [0, 0.1) is 0 Å². The van der Waals surface area contributed by atoms with Gasteiger partial charge in [-0.3, -0.25) is 9.69 Å². The number of ether oxygens (including phenoxy) is 1. The third-order valence-corrected chi connectivity index (χ3v) is 9.08. The summed E-state index contributed by atoms with van der Waals surface area (Å²) in [6, 6.07) is 0. The van der Waals surface area contributed by atoms with E-state index in [2.05, 4.69) is 4.74 Å². The van der Waals surface area contributed by atoms with E-state index in [0.717, 1.165) is 4.31 Å². The molecule has 25 heavy (non-hydrogen) atoms. The van der Waals surface area contributed by atoms with Crippen molar-refractivity contribution in [1.29, 1.82) is 0 Å². The average Bonchev–Trinajstić information content (AvgIpc) is 2.91. The molecule has 2 aliphatic heterocycles. The molecule has 0 spiro atoms. The van der Waals surface area contributed by atoms with E-state index in [0.29, 0.717) is 45.6 Å². The number of piperazine rings is 1. The molecule has 11 heteroatoms. The Morgan fingerprint density at radius 1 is 1.24 bits per heavy atom. The number of hydrogen-bond donors (Lipinski definition) is 0. The van der Waals surface area contributed by atoms with E-state index in [9.17, 15) is 21.6 Å². The Morgan fingerprint density at radius 3 is 2.40 bits per heavy atom. The van der Waals surface area contributed by atoms with Gasteiger partial charge in [0.1, 0.15) is 0 Å². The normalized spacial score (nSPS) is 25.3. The highest BCUT2D eigenvalue weighted by Crippen LogP contribution is 2.22. The number of hydrogen-bond acceptors (Lipinski definition) is 7. The van der Waals surface area contributed by atoms with Crippen molar-refractivity contribution in [3.63, 3.8) is 0 Å². The van der Waals surface area contributed by atoms with Crippen LogP contribution in [0.15, 0.2) is 0 Å². The molecule has 0 radical (unpaired) electrons. The van der Waals surface area contributed by atoms with E-state index < -0.39 is 26.0 Å². The topological polar surface area (TPSA) is 104 Å². The average molecular weight is 398 g/mol. The molecule has 0 aromatic rings. The Hall–Kier alpha value is -0.750. The summed E-state index contributed by atoms with van der Waals surface area (Å²) in [4.78, 5) is 13.2. The standard InChI is InChI=1S/C14H27N3O6S2/c1-15(6-5-14(18)23-2)25(21,22)17-9-7-16(8-10-17)12-13-4-3-11-24(13,19)20/h13H,3-12H2,1-2H3. The number of methoxy groups -OCH3 is 1. The second-order valence-electron chi connectivity index (χ2n) is 6.49. The number of carbonyl (C=O) groups excluding carboxylic acids is 1. The molecule has 0 saturated carbocycles. The lowest BCUT2D eigenvalue weighted by Gasteiger charge is -2.36. The molecule has 0 bridgehead atoms. The van der Waals surface area contributed by atoms with Gasteiger partial charge in [0, 0.05) is 46.3 Å². The first-order chi connectivity index (χ1) is 11.7. The summed E-state index contributed by atoms with van der Waals surface area (Å²) in [6.07, 6.45) is 1.41. The molecular formula is C14H27N3O6S2. The summed E-state index contributed by atoms with van der Waals surface area (Å²) in [5.41, 5.74) is 0. The highest BCUT2D eigenvalue weighted by atomic mass is 32.2. The fraction of sp³-hybridized carbons (Fsp3) is 0.929. The van der Waals surface area contributed by atoms with Crippen LogP contribution in [0.1, 0.15) is 19.3 Å². The minimum Gasteiger partial charge on any atom is -0.469 e.